The van der Waals surface area contributed by atoms with Crippen LogP contribution in [0.5, 0.6) is 0 Å². The van der Waals surface area contributed by atoms with E-state index in [0.29, 0.717) is 0 Å². The van der Waals surface area contributed by atoms with Crippen molar-refractivity contribution in [1.82, 2.24) is 4.90 Å². The van der Waals surface area contributed by atoms with E-state index < -0.39 is 5.54 Å². The third-order valence-corrected chi connectivity index (χ3v) is 3.53. The number of carbonyl (C=O) groups excluding carboxylic acids is 1. The van der Waals surface area contributed by atoms with E-state index in [-0.39, 0.29) is 11.8 Å². The van der Waals surface area contributed by atoms with Crippen LogP contribution in [0.15, 0.2) is 0 Å². The number of rotatable bonds is 1. The van der Waals surface area contributed by atoms with E-state index in [1.807, 2.05) is 0 Å². The SMILES string of the molecule is NC(=O)C1(N)CCN2CCCC1C2. The Kier molecular flexibility index (Phi) is 2.04. The van der Waals surface area contributed by atoms with Gasteiger partial charge in [0.2, 0.25) is 5.91 Å². The molecule has 2 fully saturated rings. The first-order chi connectivity index (χ1) is 6.13. The van der Waals surface area contributed by atoms with Gasteiger partial charge in [-0.1, -0.05) is 0 Å². The Bertz CT molecular complexity index is 231. The average Bonchev–Trinajstić information content (AvgIpc) is 2.13. The van der Waals surface area contributed by atoms with E-state index in [0.717, 1.165) is 38.9 Å². The van der Waals surface area contributed by atoms with E-state index in [1.165, 1.54) is 0 Å². The second-order valence-electron chi connectivity index (χ2n) is 4.29. The Morgan fingerprint density at radius 3 is 2.92 bits per heavy atom. The highest BCUT2D eigenvalue weighted by Gasteiger charge is 2.45. The van der Waals surface area contributed by atoms with Crippen molar-refractivity contribution in [3.8, 4) is 0 Å². The number of piperidine rings is 2. The zero-order chi connectivity index (χ0) is 9.47. The van der Waals surface area contributed by atoms with Gasteiger partial charge in [-0.15, -0.1) is 0 Å². The van der Waals surface area contributed by atoms with Gasteiger partial charge in [-0.05, 0) is 31.7 Å². The van der Waals surface area contributed by atoms with E-state index in [4.69, 9.17) is 11.5 Å². The predicted molar refractivity (Wildman–Crippen MR) is 49.9 cm³/mol. The Morgan fingerprint density at radius 1 is 1.46 bits per heavy atom. The van der Waals surface area contributed by atoms with Crippen LogP contribution in [0, 0.1) is 5.92 Å². The molecule has 2 aliphatic rings. The second kappa shape index (κ2) is 2.96. The summed E-state index contributed by atoms with van der Waals surface area (Å²) in [7, 11) is 0. The molecule has 13 heavy (non-hydrogen) atoms. The van der Waals surface area contributed by atoms with E-state index >= 15 is 0 Å². The van der Waals surface area contributed by atoms with Crippen molar-refractivity contribution in [2.24, 2.45) is 17.4 Å². The topological polar surface area (TPSA) is 72.3 Å². The van der Waals surface area contributed by atoms with E-state index in [2.05, 4.69) is 4.90 Å². The molecule has 0 aromatic heterocycles. The maximum Gasteiger partial charge on any atom is 0.237 e. The third-order valence-electron chi connectivity index (χ3n) is 3.53. The van der Waals surface area contributed by atoms with Crippen molar-refractivity contribution in [3.63, 3.8) is 0 Å². The molecule has 0 radical (unpaired) electrons. The molecule has 2 bridgehead atoms. The number of fused-ring (bicyclic) bond motifs is 2. The van der Waals surface area contributed by atoms with Crippen LogP contribution in [-0.4, -0.2) is 36.0 Å². The summed E-state index contributed by atoms with van der Waals surface area (Å²) >= 11 is 0. The summed E-state index contributed by atoms with van der Waals surface area (Å²) < 4.78 is 0. The molecule has 0 aromatic carbocycles. The molecule has 2 heterocycles. The van der Waals surface area contributed by atoms with Gasteiger partial charge in [0.15, 0.2) is 0 Å². The first-order valence-corrected chi connectivity index (χ1v) is 4.94. The summed E-state index contributed by atoms with van der Waals surface area (Å²) in [5.74, 6) is -0.0356. The Hall–Kier alpha value is -0.610. The lowest BCUT2D eigenvalue weighted by molar-refractivity contribution is -0.128. The molecule has 2 rings (SSSR count). The number of primary amides is 1. The van der Waals surface area contributed by atoms with Crippen LogP contribution in [0.2, 0.25) is 0 Å². The normalized spacial score (nSPS) is 44.4. The average molecular weight is 183 g/mol. The Morgan fingerprint density at radius 2 is 2.23 bits per heavy atom. The van der Waals surface area contributed by atoms with Gasteiger partial charge < -0.3 is 16.4 Å². The quantitative estimate of drug-likeness (QED) is 0.564. The molecule has 0 saturated carbocycles. The van der Waals surface area contributed by atoms with Gasteiger partial charge in [0, 0.05) is 13.1 Å². The standard InChI is InChI=1S/C9H17N3O/c10-8(13)9(11)3-5-12-4-1-2-7(9)6-12/h7H,1-6,11H2,(H2,10,13). The molecular weight excluding hydrogens is 166 g/mol. The van der Waals surface area contributed by atoms with Crippen LogP contribution >= 0.6 is 0 Å². The number of nitrogens with zero attached hydrogens (tertiary/aromatic N) is 1. The van der Waals surface area contributed by atoms with E-state index in [1.54, 1.807) is 0 Å². The molecule has 4 N–H and O–H groups in total. The first-order valence-electron chi connectivity index (χ1n) is 4.94. The monoisotopic (exact) mass is 183 g/mol. The molecular formula is C9H17N3O. The summed E-state index contributed by atoms with van der Waals surface area (Å²) in [5.41, 5.74) is 10.7. The van der Waals surface area contributed by atoms with Crippen molar-refractivity contribution in [1.29, 1.82) is 0 Å². The summed E-state index contributed by atoms with van der Waals surface area (Å²) in [6.07, 6.45) is 2.93. The molecule has 2 saturated heterocycles. The number of hydrogen-bond donors (Lipinski definition) is 2. The predicted octanol–water partition coefficient (Wildman–Crippen LogP) is -0.715. The Labute approximate surface area is 78.2 Å². The summed E-state index contributed by atoms with van der Waals surface area (Å²) in [6, 6.07) is 0. The Balaban J connectivity index is 2.17. The molecule has 0 spiro atoms. The minimum absolute atomic E-state index is 0.285. The first kappa shape index (κ1) is 8.97. The molecule has 0 aromatic rings. The molecule has 4 heteroatoms. The van der Waals surface area contributed by atoms with Gasteiger partial charge in [-0.25, -0.2) is 0 Å². The highest BCUT2D eigenvalue weighted by atomic mass is 16.1. The number of hydrogen-bond acceptors (Lipinski definition) is 3. The molecule has 3 atom stereocenters. The maximum absolute atomic E-state index is 11.3. The van der Waals surface area contributed by atoms with Gasteiger partial charge in [0.25, 0.3) is 0 Å². The lowest BCUT2D eigenvalue weighted by Crippen LogP contribution is -2.65. The second-order valence-corrected chi connectivity index (χ2v) is 4.29. The fourth-order valence-electron chi connectivity index (χ4n) is 2.55. The van der Waals surface area contributed by atoms with Crippen LogP contribution in [0.4, 0.5) is 0 Å². The molecule has 74 valence electrons. The fraction of sp³-hybridized carbons (Fsp3) is 0.889. The number of nitrogens with two attached hydrogens (primary N) is 2. The van der Waals surface area contributed by atoms with Crippen LogP contribution in [-0.2, 0) is 4.79 Å². The highest BCUT2D eigenvalue weighted by Crippen LogP contribution is 2.32. The molecule has 0 aliphatic carbocycles. The van der Waals surface area contributed by atoms with Crippen LogP contribution in [0.3, 0.4) is 0 Å². The lowest BCUT2D eigenvalue weighted by atomic mass is 9.73. The van der Waals surface area contributed by atoms with Crippen LogP contribution in [0.25, 0.3) is 0 Å². The van der Waals surface area contributed by atoms with Gasteiger partial charge >= 0.3 is 0 Å². The van der Waals surface area contributed by atoms with Gasteiger partial charge in [-0.3, -0.25) is 4.79 Å². The minimum atomic E-state index is -0.725. The molecule has 4 nitrogen and oxygen atoms in total. The van der Waals surface area contributed by atoms with Crippen molar-refractivity contribution in [2.45, 2.75) is 24.8 Å². The largest absolute Gasteiger partial charge is 0.368 e. The lowest BCUT2D eigenvalue weighted by Gasteiger charge is -2.47. The van der Waals surface area contributed by atoms with E-state index in [9.17, 15) is 4.79 Å². The highest BCUT2D eigenvalue weighted by molar-refractivity contribution is 5.85. The van der Waals surface area contributed by atoms with Crippen LogP contribution < -0.4 is 11.5 Å². The van der Waals surface area contributed by atoms with Crippen molar-refractivity contribution in [3.05, 3.63) is 0 Å². The minimum Gasteiger partial charge on any atom is -0.368 e. The fourth-order valence-corrected chi connectivity index (χ4v) is 2.55. The zero-order valence-electron chi connectivity index (χ0n) is 7.83. The van der Waals surface area contributed by atoms with Crippen molar-refractivity contribution < 1.29 is 4.79 Å². The summed E-state index contributed by atoms with van der Waals surface area (Å²) in [6.45, 7) is 3.04. The third kappa shape index (κ3) is 1.34. The van der Waals surface area contributed by atoms with Gasteiger partial charge in [0.05, 0.1) is 0 Å². The number of carbonyl (C=O) groups is 1. The summed E-state index contributed by atoms with van der Waals surface area (Å²) in [4.78, 5) is 13.6. The molecule has 3 unspecified atom stereocenters. The smallest absolute Gasteiger partial charge is 0.237 e. The van der Waals surface area contributed by atoms with Gasteiger partial charge in [-0.2, -0.15) is 0 Å². The molecule has 2 aliphatic heterocycles. The molecule has 1 amide bonds. The zero-order valence-corrected chi connectivity index (χ0v) is 7.83. The number of amides is 1. The van der Waals surface area contributed by atoms with Crippen molar-refractivity contribution in [2.75, 3.05) is 19.6 Å². The summed E-state index contributed by atoms with van der Waals surface area (Å²) in [5, 5.41) is 0. The maximum atomic E-state index is 11.3. The van der Waals surface area contributed by atoms with Crippen molar-refractivity contribution >= 4 is 5.91 Å². The van der Waals surface area contributed by atoms with Gasteiger partial charge in [0.1, 0.15) is 5.54 Å². The van der Waals surface area contributed by atoms with Crippen LogP contribution in [0.1, 0.15) is 19.3 Å².